The topological polar surface area (TPSA) is 81.1 Å². The number of hydrogen-bond acceptors (Lipinski definition) is 3. The monoisotopic (exact) mass is 415 g/mol. The van der Waals surface area contributed by atoms with Crippen molar-refractivity contribution in [2.24, 2.45) is 5.73 Å². The number of allylic oxidation sites excluding steroid dienone is 2. The fourth-order valence-corrected chi connectivity index (χ4v) is 3.47. The molecule has 1 heterocycles. The number of hydrogen-bond donors (Lipinski definition) is 2. The highest BCUT2D eigenvalue weighted by Crippen LogP contribution is 2.33. The molecule has 0 spiro atoms. The smallest absolute Gasteiger partial charge is 0.232 e. The van der Waals surface area contributed by atoms with E-state index in [1.54, 1.807) is 30.3 Å². The third kappa shape index (κ3) is 4.21. The lowest BCUT2D eigenvalue weighted by atomic mass is 9.97. The molecule has 0 radical (unpaired) electrons. The molecule has 7 heteroatoms. The number of primary amides is 1. The molecule has 3 rings (SSSR count). The Balaban J connectivity index is 2.15. The minimum absolute atomic E-state index is 0.109. The van der Waals surface area contributed by atoms with Crippen molar-refractivity contribution in [1.29, 1.82) is 0 Å². The molecule has 0 aliphatic rings. The van der Waals surface area contributed by atoms with Crippen molar-refractivity contribution in [3.8, 4) is 17.0 Å². The van der Waals surface area contributed by atoms with Gasteiger partial charge < -0.3 is 15.4 Å². The molecule has 0 saturated heterocycles. The van der Waals surface area contributed by atoms with Crippen molar-refractivity contribution >= 4 is 29.1 Å². The van der Waals surface area contributed by atoms with E-state index in [9.17, 15) is 9.90 Å². The summed E-state index contributed by atoms with van der Waals surface area (Å²) < 4.78 is 1.86. The molecule has 0 aliphatic heterocycles. The number of nitrogens with two attached hydrogens (primary N) is 1. The molecule has 3 N–H and O–H groups in total. The second kappa shape index (κ2) is 8.50. The van der Waals surface area contributed by atoms with E-state index in [1.165, 1.54) is 12.1 Å². The Kier molecular flexibility index (Phi) is 6.07. The summed E-state index contributed by atoms with van der Waals surface area (Å²) in [6, 6.07) is 11.5. The van der Waals surface area contributed by atoms with Gasteiger partial charge in [-0.25, -0.2) is 4.98 Å². The van der Waals surface area contributed by atoms with E-state index >= 15 is 0 Å². The van der Waals surface area contributed by atoms with Gasteiger partial charge in [-0.15, -0.1) is 0 Å². The van der Waals surface area contributed by atoms with Gasteiger partial charge in [-0.1, -0.05) is 47.5 Å². The predicted octanol–water partition coefficient (Wildman–Crippen LogP) is 4.76. The van der Waals surface area contributed by atoms with Crippen LogP contribution in [0.3, 0.4) is 0 Å². The van der Waals surface area contributed by atoms with Crippen LogP contribution in [0.1, 0.15) is 24.2 Å². The second-order valence-electron chi connectivity index (χ2n) is 6.26. The van der Waals surface area contributed by atoms with Gasteiger partial charge in [-0.2, -0.15) is 0 Å². The van der Waals surface area contributed by atoms with Crippen molar-refractivity contribution < 1.29 is 9.90 Å². The zero-order chi connectivity index (χ0) is 20.3. The highest BCUT2D eigenvalue weighted by Gasteiger charge is 2.26. The number of carbonyl (C=O) groups is 1. The average Bonchev–Trinajstić information content (AvgIpc) is 3.04. The number of halogens is 2. The number of imidazole rings is 1. The van der Waals surface area contributed by atoms with E-state index in [-0.39, 0.29) is 5.75 Å². The molecule has 0 aliphatic carbocycles. The zero-order valence-electron chi connectivity index (χ0n) is 15.1. The molecule has 0 saturated carbocycles. The third-order valence-electron chi connectivity index (χ3n) is 4.32. The molecule has 2 aromatic carbocycles. The zero-order valence-corrected chi connectivity index (χ0v) is 16.7. The number of phenolic OH excluding ortho intramolecular Hbond substituents is 1. The fourth-order valence-electron chi connectivity index (χ4n) is 2.96. The number of nitrogens with zero attached hydrogens (tertiary/aromatic N) is 2. The molecule has 0 fully saturated rings. The van der Waals surface area contributed by atoms with Crippen molar-refractivity contribution in [1.82, 2.24) is 9.55 Å². The molecule has 0 bridgehead atoms. The van der Waals surface area contributed by atoms with Crippen LogP contribution in [0.4, 0.5) is 0 Å². The van der Waals surface area contributed by atoms with Gasteiger partial charge in [-0.05, 0) is 42.8 Å². The summed E-state index contributed by atoms with van der Waals surface area (Å²) in [4.78, 5) is 17.0. The van der Waals surface area contributed by atoms with Gasteiger partial charge in [0, 0.05) is 23.3 Å². The van der Waals surface area contributed by atoms with Gasteiger partial charge in [0.2, 0.25) is 5.91 Å². The fraction of sp³-hybridized carbons (Fsp3) is 0.143. The van der Waals surface area contributed by atoms with Crippen LogP contribution in [0.25, 0.3) is 11.3 Å². The van der Waals surface area contributed by atoms with Gasteiger partial charge >= 0.3 is 0 Å². The number of phenols is 1. The number of rotatable bonds is 6. The molecular weight excluding hydrogens is 397 g/mol. The highest BCUT2D eigenvalue weighted by atomic mass is 35.5. The molecule has 1 aromatic heterocycles. The minimum Gasteiger partial charge on any atom is -0.508 e. The average molecular weight is 416 g/mol. The first-order chi connectivity index (χ1) is 13.4. The summed E-state index contributed by atoms with van der Waals surface area (Å²) in [6.45, 7) is 2.44. The molecule has 3 aromatic rings. The highest BCUT2D eigenvalue weighted by molar-refractivity contribution is 6.36. The van der Waals surface area contributed by atoms with E-state index < -0.39 is 11.8 Å². The summed E-state index contributed by atoms with van der Waals surface area (Å²) in [7, 11) is 0. The number of benzene rings is 2. The summed E-state index contributed by atoms with van der Waals surface area (Å²) in [5, 5.41) is 10.5. The third-order valence-corrected chi connectivity index (χ3v) is 4.87. The maximum atomic E-state index is 12.3. The number of carbonyl (C=O) groups excluding carboxylic acids is 1. The lowest BCUT2D eigenvalue weighted by Gasteiger charge is -2.15. The maximum Gasteiger partial charge on any atom is 0.232 e. The van der Waals surface area contributed by atoms with Crippen LogP contribution < -0.4 is 5.73 Å². The van der Waals surface area contributed by atoms with Crippen LogP contribution in [0, 0.1) is 0 Å². The largest absolute Gasteiger partial charge is 0.508 e. The SMILES string of the molecule is C/C=C/Cn1cc(-c2ccc(Cl)cc2Cl)nc1C(C(N)=O)c1ccc(O)cc1. The Hall–Kier alpha value is -2.76. The van der Waals surface area contributed by atoms with E-state index in [4.69, 9.17) is 28.9 Å². The van der Waals surface area contributed by atoms with Crippen molar-refractivity contribution in [2.75, 3.05) is 0 Å². The van der Waals surface area contributed by atoms with Crippen LogP contribution in [0.15, 0.2) is 60.8 Å². The Bertz CT molecular complexity index is 1030. The molecule has 5 nitrogen and oxygen atoms in total. The van der Waals surface area contributed by atoms with Crippen molar-refractivity contribution in [3.63, 3.8) is 0 Å². The summed E-state index contributed by atoms with van der Waals surface area (Å²) in [5.41, 5.74) is 7.69. The van der Waals surface area contributed by atoms with Crippen LogP contribution in [0.2, 0.25) is 10.0 Å². The summed E-state index contributed by atoms with van der Waals surface area (Å²) in [5.74, 6) is -0.701. The van der Waals surface area contributed by atoms with E-state index in [1.807, 2.05) is 29.8 Å². The molecule has 1 unspecified atom stereocenters. The second-order valence-corrected chi connectivity index (χ2v) is 7.10. The first kappa shape index (κ1) is 20.0. The van der Waals surface area contributed by atoms with E-state index in [2.05, 4.69) is 4.98 Å². The van der Waals surface area contributed by atoms with Crippen LogP contribution in [-0.2, 0) is 11.3 Å². The lowest BCUT2D eigenvalue weighted by molar-refractivity contribution is -0.118. The van der Waals surface area contributed by atoms with Gasteiger partial charge in [0.15, 0.2) is 0 Å². The standard InChI is InChI=1S/C21H19Cl2N3O2/c1-2-3-10-26-12-18(16-9-6-14(22)11-17(16)23)25-21(26)19(20(24)28)13-4-7-15(27)8-5-13/h2-9,11-12,19,27H,10H2,1H3,(H2,24,28)/b3-2+. The normalized spacial score (nSPS) is 12.4. The minimum atomic E-state index is -0.773. The first-order valence-electron chi connectivity index (χ1n) is 8.62. The van der Waals surface area contributed by atoms with Gasteiger partial charge in [-0.3, -0.25) is 4.79 Å². The quantitative estimate of drug-likeness (QED) is 0.569. The maximum absolute atomic E-state index is 12.3. The van der Waals surface area contributed by atoms with Crippen molar-refractivity contribution in [3.05, 3.63) is 82.2 Å². The number of aromatic nitrogens is 2. The van der Waals surface area contributed by atoms with Crippen molar-refractivity contribution in [2.45, 2.75) is 19.4 Å². The molecular formula is C21H19Cl2N3O2. The lowest BCUT2D eigenvalue weighted by Crippen LogP contribution is -2.25. The Morgan fingerprint density at radius 1 is 1.25 bits per heavy atom. The predicted molar refractivity (Wildman–Crippen MR) is 112 cm³/mol. The molecule has 1 amide bonds. The molecule has 28 heavy (non-hydrogen) atoms. The Labute approximate surface area is 173 Å². The van der Waals surface area contributed by atoms with Crippen LogP contribution in [0.5, 0.6) is 5.75 Å². The Morgan fingerprint density at radius 2 is 1.96 bits per heavy atom. The summed E-state index contributed by atoms with van der Waals surface area (Å²) in [6.07, 6.45) is 5.70. The molecule has 1 atom stereocenters. The van der Waals surface area contributed by atoms with Gasteiger partial charge in [0.05, 0.1) is 10.7 Å². The Morgan fingerprint density at radius 3 is 2.57 bits per heavy atom. The number of aromatic hydroxyl groups is 1. The number of amides is 1. The van der Waals surface area contributed by atoms with Gasteiger partial charge in [0.1, 0.15) is 17.5 Å². The van der Waals surface area contributed by atoms with Crippen LogP contribution >= 0.6 is 23.2 Å². The van der Waals surface area contributed by atoms with Gasteiger partial charge in [0.25, 0.3) is 0 Å². The first-order valence-corrected chi connectivity index (χ1v) is 9.38. The van der Waals surface area contributed by atoms with Crippen LogP contribution in [-0.4, -0.2) is 20.6 Å². The van der Waals surface area contributed by atoms with E-state index in [0.29, 0.717) is 39.2 Å². The van der Waals surface area contributed by atoms with E-state index in [0.717, 1.165) is 0 Å². The molecule has 144 valence electrons. The summed E-state index contributed by atoms with van der Waals surface area (Å²) >= 11 is 12.3.